The van der Waals surface area contributed by atoms with Crippen LogP contribution < -0.4 is 5.73 Å². The highest BCUT2D eigenvalue weighted by Gasteiger charge is 1.91. The molecule has 0 radical (unpaired) electrons. The third-order valence-corrected chi connectivity index (χ3v) is 1.23. The first-order valence-electron chi connectivity index (χ1n) is 3.06. The molecule has 0 bridgehead atoms. The monoisotopic (exact) mass is 146 g/mol. The van der Waals surface area contributed by atoms with Crippen molar-refractivity contribution in [1.29, 1.82) is 0 Å². The van der Waals surface area contributed by atoms with E-state index in [9.17, 15) is 0 Å². The fourth-order valence-electron chi connectivity index (χ4n) is 0.570. The molecule has 0 saturated carbocycles. The fraction of sp³-hybridized carbons (Fsp3) is 0.833. The van der Waals surface area contributed by atoms with Gasteiger partial charge in [-0.1, -0.05) is 12.2 Å². The summed E-state index contributed by atoms with van der Waals surface area (Å²) in [5.41, 5.74) is 5.29. The maximum absolute atomic E-state index is 5.29. The van der Waals surface area contributed by atoms with Crippen LogP contribution in [0.3, 0.4) is 0 Å². The van der Waals surface area contributed by atoms with E-state index in [1.165, 1.54) is 0 Å². The van der Waals surface area contributed by atoms with Crippen molar-refractivity contribution in [2.24, 2.45) is 5.73 Å². The number of rotatable bonds is 4. The molecule has 0 aliphatic rings. The smallest absolute Gasteiger partial charge is 0.0727 e. The van der Waals surface area contributed by atoms with Gasteiger partial charge in [0, 0.05) is 0 Å². The summed E-state index contributed by atoms with van der Waals surface area (Å²) in [5, 5.41) is 0. The molecule has 0 spiro atoms. The quantitative estimate of drug-likeness (QED) is 0.589. The molecule has 9 heavy (non-hydrogen) atoms. The van der Waals surface area contributed by atoms with Crippen molar-refractivity contribution in [3.63, 3.8) is 0 Å². The van der Waals surface area contributed by atoms with Gasteiger partial charge in [-0.25, -0.2) is 0 Å². The lowest BCUT2D eigenvalue weighted by molar-refractivity contribution is 0.404. The molecule has 0 aliphatic carbocycles. The molecule has 0 heterocycles. The Bertz CT molecular complexity index is 91.1. The van der Waals surface area contributed by atoms with Crippen molar-refractivity contribution >= 4 is 17.2 Å². The average molecular weight is 146 g/mol. The van der Waals surface area contributed by atoms with Crippen LogP contribution in [0.1, 0.15) is 12.8 Å². The number of hydrogen-bond acceptors (Lipinski definition) is 2. The van der Waals surface area contributed by atoms with Crippen molar-refractivity contribution in [3.8, 4) is 0 Å². The van der Waals surface area contributed by atoms with Gasteiger partial charge in [0.1, 0.15) is 0 Å². The SMILES string of the molecule is CN(C)CCCC(N)=S. The Morgan fingerprint density at radius 3 is 2.44 bits per heavy atom. The Labute approximate surface area is 62.0 Å². The van der Waals surface area contributed by atoms with Gasteiger partial charge in [-0.05, 0) is 33.5 Å². The van der Waals surface area contributed by atoms with E-state index in [1.807, 2.05) is 14.1 Å². The maximum atomic E-state index is 5.29. The molecule has 0 aromatic carbocycles. The molecule has 0 saturated heterocycles. The summed E-state index contributed by atoms with van der Waals surface area (Å²) < 4.78 is 0. The summed E-state index contributed by atoms with van der Waals surface area (Å²) in [6, 6.07) is 0. The molecule has 0 rings (SSSR count). The van der Waals surface area contributed by atoms with Gasteiger partial charge in [0.15, 0.2) is 0 Å². The maximum Gasteiger partial charge on any atom is 0.0727 e. The van der Waals surface area contributed by atoms with Gasteiger partial charge in [0.2, 0.25) is 0 Å². The number of nitrogens with zero attached hydrogens (tertiary/aromatic N) is 1. The van der Waals surface area contributed by atoms with Gasteiger partial charge in [0.05, 0.1) is 4.99 Å². The Balaban J connectivity index is 3.01. The molecule has 0 fully saturated rings. The topological polar surface area (TPSA) is 29.3 Å². The summed E-state index contributed by atoms with van der Waals surface area (Å²) in [6.07, 6.45) is 1.94. The zero-order chi connectivity index (χ0) is 7.28. The molecule has 0 amide bonds. The van der Waals surface area contributed by atoms with Crippen LogP contribution in [0.5, 0.6) is 0 Å². The third kappa shape index (κ3) is 7.85. The first-order chi connectivity index (χ1) is 4.13. The highest BCUT2D eigenvalue weighted by atomic mass is 32.1. The molecule has 0 aromatic rings. The van der Waals surface area contributed by atoms with Gasteiger partial charge in [-0.2, -0.15) is 0 Å². The van der Waals surface area contributed by atoms with E-state index in [4.69, 9.17) is 18.0 Å². The van der Waals surface area contributed by atoms with E-state index < -0.39 is 0 Å². The lowest BCUT2D eigenvalue weighted by Gasteiger charge is -2.07. The molecule has 0 aromatic heterocycles. The minimum Gasteiger partial charge on any atom is -0.393 e. The fourth-order valence-corrected chi connectivity index (χ4v) is 0.714. The minimum atomic E-state index is 0.622. The molecule has 2 N–H and O–H groups in total. The van der Waals surface area contributed by atoms with Crippen LogP contribution >= 0.6 is 12.2 Å². The number of nitrogens with two attached hydrogens (primary N) is 1. The molecule has 54 valence electrons. The Kier molecular flexibility index (Phi) is 4.62. The van der Waals surface area contributed by atoms with Crippen molar-refractivity contribution < 1.29 is 0 Å². The normalized spacial score (nSPS) is 10.1. The van der Waals surface area contributed by atoms with E-state index in [2.05, 4.69) is 4.90 Å². The molecule has 0 aliphatic heterocycles. The third-order valence-electron chi connectivity index (χ3n) is 1.03. The second-order valence-electron chi connectivity index (χ2n) is 2.37. The molecule has 0 unspecified atom stereocenters. The van der Waals surface area contributed by atoms with Crippen LogP contribution in [-0.2, 0) is 0 Å². The lowest BCUT2D eigenvalue weighted by atomic mass is 10.3. The zero-order valence-electron chi connectivity index (χ0n) is 6.05. The van der Waals surface area contributed by atoms with E-state index in [0.29, 0.717) is 4.99 Å². The average Bonchev–Trinajstić information content (AvgIpc) is 1.63. The van der Waals surface area contributed by atoms with Crippen LogP contribution in [-0.4, -0.2) is 30.5 Å². The largest absolute Gasteiger partial charge is 0.393 e. The van der Waals surface area contributed by atoms with Crippen LogP contribution in [0.25, 0.3) is 0 Å². The van der Waals surface area contributed by atoms with E-state index in [1.54, 1.807) is 0 Å². The van der Waals surface area contributed by atoms with Gasteiger partial charge in [-0.3, -0.25) is 0 Å². The molecular formula is C6H14N2S. The summed E-state index contributed by atoms with van der Waals surface area (Å²) in [6.45, 7) is 1.07. The van der Waals surface area contributed by atoms with Crippen molar-refractivity contribution in [3.05, 3.63) is 0 Å². The van der Waals surface area contributed by atoms with E-state index in [0.717, 1.165) is 19.4 Å². The lowest BCUT2D eigenvalue weighted by Crippen LogP contribution is -2.16. The van der Waals surface area contributed by atoms with Gasteiger partial charge >= 0.3 is 0 Å². The highest BCUT2D eigenvalue weighted by molar-refractivity contribution is 7.80. The summed E-state index contributed by atoms with van der Waals surface area (Å²) >= 11 is 4.71. The van der Waals surface area contributed by atoms with Crippen LogP contribution in [0.2, 0.25) is 0 Å². The first-order valence-corrected chi connectivity index (χ1v) is 3.47. The predicted molar refractivity (Wildman–Crippen MR) is 44.6 cm³/mol. The minimum absolute atomic E-state index is 0.622. The predicted octanol–water partition coefficient (Wildman–Crippen LogP) is 0.614. The van der Waals surface area contributed by atoms with Gasteiger partial charge in [-0.15, -0.1) is 0 Å². The second kappa shape index (κ2) is 4.70. The van der Waals surface area contributed by atoms with Crippen LogP contribution in [0, 0.1) is 0 Å². The van der Waals surface area contributed by atoms with Gasteiger partial charge < -0.3 is 10.6 Å². The van der Waals surface area contributed by atoms with Crippen LogP contribution in [0.4, 0.5) is 0 Å². The first kappa shape index (κ1) is 8.85. The Morgan fingerprint density at radius 2 is 2.11 bits per heavy atom. The molecule has 2 nitrogen and oxygen atoms in total. The van der Waals surface area contributed by atoms with Crippen molar-refractivity contribution in [1.82, 2.24) is 4.90 Å². The van der Waals surface area contributed by atoms with Crippen molar-refractivity contribution in [2.45, 2.75) is 12.8 Å². The Morgan fingerprint density at radius 1 is 1.56 bits per heavy atom. The molecule has 0 atom stereocenters. The number of thiocarbonyl (C=S) groups is 1. The van der Waals surface area contributed by atoms with Gasteiger partial charge in [0.25, 0.3) is 0 Å². The van der Waals surface area contributed by atoms with E-state index in [-0.39, 0.29) is 0 Å². The summed E-state index contributed by atoms with van der Waals surface area (Å²) in [7, 11) is 4.08. The molecular weight excluding hydrogens is 132 g/mol. The summed E-state index contributed by atoms with van der Waals surface area (Å²) in [5.74, 6) is 0. The number of hydrogen-bond donors (Lipinski definition) is 1. The second-order valence-corrected chi connectivity index (χ2v) is 2.90. The Hall–Kier alpha value is -0.150. The van der Waals surface area contributed by atoms with E-state index >= 15 is 0 Å². The standard InChI is InChI=1S/C6H14N2S/c1-8(2)5-3-4-6(7)9/h3-5H2,1-2H3,(H2,7,9). The van der Waals surface area contributed by atoms with Crippen molar-refractivity contribution in [2.75, 3.05) is 20.6 Å². The molecule has 3 heteroatoms. The highest BCUT2D eigenvalue weighted by Crippen LogP contribution is 1.89. The zero-order valence-corrected chi connectivity index (χ0v) is 6.87. The van der Waals surface area contributed by atoms with Crippen LogP contribution in [0.15, 0.2) is 0 Å². The summed E-state index contributed by atoms with van der Waals surface area (Å²) in [4.78, 5) is 2.75.